The summed E-state index contributed by atoms with van der Waals surface area (Å²) in [5.41, 5.74) is 1.07. The molecule has 9 nitrogen and oxygen atoms in total. The van der Waals surface area contributed by atoms with Crippen molar-refractivity contribution in [2.75, 3.05) is 23.3 Å². The number of ether oxygens (including phenoxy) is 1. The number of anilines is 2. The molecule has 2 unspecified atom stereocenters. The monoisotopic (exact) mass is 379 g/mol. The summed E-state index contributed by atoms with van der Waals surface area (Å²) in [4.78, 5) is 24.8. The van der Waals surface area contributed by atoms with Crippen molar-refractivity contribution in [3.63, 3.8) is 0 Å². The Bertz CT molecular complexity index is 916. The summed E-state index contributed by atoms with van der Waals surface area (Å²) in [5.74, 6) is 1.17. The maximum absolute atomic E-state index is 12.5. The normalized spacial score (nSPS) is 19.4. The molecule has 3 aromatic heterocycles. The fourth-order valence-electron chi connectivity index (χ4n) is 3.19. The van der Waals surface area contributed by atoms with Gasteiger partial charge in [-0.05, 0) is 38.1 Å². The van der Waals surface area contributed by atoms with Crippen LogP contribution in [0.4, 0.5) is 11.5 Å². The van der Waals surface area contributed by atoms with E-state index in [-0.39, 0.29) is 18.1 Å². The predicted octanol–water partition coefficient (Wildman–Crippen LogP) is 1.92. The Morgan fingerprint density at radius 1 is 1.00 bits per heavy atom. The number of nitrogens with zero attached hydrogens (tertiary/aromatic N) is 6. The second kappa shape index (κ2) is 7.73. The van der Waals surface area contributed by atoms with Gasteiger partial charge in [-0.1, -0.05) is 0 Å². The van der Waals surface area contributed by atoms with E-state index in [1.54, 1.807) is 43.0 Å². The van der Waals surface area contributed by atoms with Crippen LogP contribution in [-0.2, 0) is 4.74 Å². The molecule has 1 saturated heterocycles. The number of amides is 1. The zero-order valence-electron chi connectivity index (χ0n) is 15.7. The van der Waals surface area contributed by atoms with E-state index in [1.807, 2.05) is 19.9 Å². The van der Waals surface area contributed by atoms with Crippen molar-refractivity contribution in [2.45, 2.75) is 26.1 Å². The molecule has 1 aliphatic heterocycles. The van der Waals surface area contributed by atoms with Gasteiger partial charge in [-0.15, -0.1) is 4.80 Å². The van der Waals surface area contributed by atoms with Crippen molar-refractivity contribution >= 4 is 17.4 Å². The zero-order chi connectivity index (χ0) is 19.5. The third kappa shape index (κ3) is 3.99. The quantitative estimate of drug-likeness (QED) is 0.739. The number of rotatable bonds is 4. The van der Waals surface area contributed by atoms with Crippen LogP contribution in [0.25, 0.3) is 5.82 Å². The summed E-state index contributed by atoms with van der Waals surface area (Å²) in [7, 11) is 0. The zero-order valence-corrected chi connectivity index (χ0v) is 15.7. The van der Waals surface area contributed by atoms with Gasteiger partial charge in [0.2, 0.25) is 0 Å². The first-order valence-corrected chi connectivity index (χ1v) is 9.09. The van der Waals surface area contributed by atoms with Crippen LogP contribution < -0.4 is 10.2 Å². The third-order valence-corrected chi connectivity index (χ3v) is 4.38. The Morgan fingerprint density at radius 3 is 2.29 bits per heavy atom. The van der Waals surface area contributed by atoms with Gasteiger partial charge in [0.15, 0.2) is 5.82 Å². The summed E-state index contributed by atoms with van der Waals surface area (Å²) in [5, 5.41) is 10.9. The first-order chi connectivity index (χ1) is 13.6. The first kappa shape index (κ1) is 18.1. The van der Waals surface area contributed by atoms with Crippen molar-refractivity contribution in [3.8, 4) is 5.82 Å². The van der Waals surface area contributed by atoms with Crippen molar-refractivity contribution in [2.24, 2.45) is 0 Å². The molecule has 4 heterocycles. The average molecular weight is 379 g/mol. The minimum atomic E-state index is -0.241. The van der Waals surface area contributed by atoms with E-state index in [2.05, 4.69) is 30.4 Å². The lowest BCUT2D eigenvalue weighted by Gasteiger charge is -2.36. The molecule has 9 heteroatoms. The van der Waals surface area contributed by atoms with Crippen LogP contribution in [-0.4, -0.2) is 56.2 Å². The molecule has 144 valence electrons. The maximum atomic E-state index is 12.5. The van der Waals surface area contributed by atoms with E-state index in [0.29, 0.717) is 17.1 Å². The van der Waals surface area contributed by atoms with Gasteiger partial charge in [-0.2, -0.15) is 10.2 Å². The highest BCUT2D eigenvalue weighted by molar-refractivity contribution is 6.04. The van der Waals surface area contributed by atoms with Crippen LogP contribution in [0.2, 0.25) is 0 Å². The van der Waals surface area contributed by atoms with Gasteiger partial charge in [0.05, 0.1) is 42.0 Å². The van der Waals surface area contributed by atoms with Crippen LogP contribution in [0, 0.1) is 0 Å². The first-order valence-electron chi connectivity index (χ1n) is 9.09. The standard InChI is InChI=1S/C19H21N7O2/c1-13-11-25(12-14(2)28-13)17-5-3-15(9-20-17)19(27)24-16-4-6-18(21-10-16)26-22-7-8-23-26/h3-10,13-14H,11-12H2,1-2H3,(H,24,27). The molecular weight excluding hydrogens is 358 g/mol. The molecule has 1 fully saturated rings. The Morgan fingerprint density at radius 2 is 1.68 bits per heavy atom. The third-order valence-electron chi connectivity index (χ3n) is 4.38. The molecule has 0 aromatic carbocycles. The molecule has 1 aliphatic rings. The topological polar surface area (TPSA) is 98.1 Å². The molecule has 0 saturated carbocycles. The number of carbonyl (C=O) groups excluding carboxylic acids is 1. The Balaban J connectivity index is 1.41. The van der Waals surface area contributed by atoms with E-state index >= 15 is 0 Å². The summed E-state index contributed by atoms with van der Waals surface area (Å²) < 4.78 is 5.75. The lowest BCUT2D eigenvalue weighted by Crippen LogP contribution is -2.45. The van der Waals surface area contributed by atoms with Crippen LogP contribution in [0.3, 0.4) is 0 Å². The smallest absolute Gasteiger partial charge is 0.257 e. The minimum Gasteiger partial charge on any atom is -0.372 e. The molecule has 0 aliphatic carbocycles. The van der Waals surface area contributed by atoms with Crippen molar-refractivity contribution < 1.29 is 9.53 Å². The molecule has 2 atom stereocenters. The van der Waals surface area contributed by atoms with Crippen LogP contribution in [0.5, 0.6) is 0 Å². The number of hydrogen-bond donors (Lipinski definition) is 1. The summed E-state index contributed by atoms with van der Waals surface area (Å²) >= 11 is 0. The van der Waals surface area contributed by atoms with Gasteiger partial charge < -0.3 is 15.0 Å². The van der Waals surface area contributed by atoms with Crippen LogP contribution in [0.15, 0.2) is 49.1 Å². The number of hydrogen-bond acceptors (Lipinski definition) is 7. The molecule has 0 radical (unpaired) electrons. The number of pyridine rings is 2. The average Bonchev–Trinajstić information content (AvgIpc) is 3.23. The predicted molar refractivity (Wildman–Crippen MR) is 104 cm³/mol. The van der Waals surface area contributed by atoms with Gasteiger partial charge in [-0.25, -0.2) is 9.97 Å². The number of aromatic nitrogens is 5. The maximum Gasteiger partial charge on any atom is 0.257 e. The fraction of sp³-hybridized carbons (Fsp3) is 0.316. The Kier molecular flexibility index (Phi) is 4.98. The van der Waals surface area contributed by atoms with Crippen molar-refractivity contribution in [1.29, 1.82) is 0 Å². The van der Waals surface area contributed by atoms with E-state index < -0.39 is 0 Å². The van der Waals surface area contributed by atoms with E-state index in [9.17, 15) is 4.79 Å². The molecule has 1 amide bonds. The number of carbonyl (C=O) groups is 1. The number of nitrogens with one attached hydrogen (secondary N) is 1. The Hall–Kier alpha value is -3.33. The number of morpholine rings is 1. The highest BCUT2D eigenvalue weighted by atomic mass is 16.5. The molecule has 1 N–H and O–H groups in total. The van der Waals surface area contributed by atoms with E-state index in [0.717, 1.165) is 18.9 Å². The second-order valence-corrected chi connectivity index (χ2v) is 6.75. The van der Waals surface area contributed by atoms with E-state index in [4.69, 9.17) is 4.74 Å². The SMILES string of the molecule is CC1CN(c2ccc(C(=O)Nc3ccc(-n4nccn4)nc3)cn2)CC(C)O1. The van der Waals surface area contributed by atoms with Crippen LogP contribution in [0.1, 0.15) is 24.2 Å². The molecule has 4 rings (SSSR count). The van der Waals surface area contributed by atoms with Crippen molar-refractivity contribution in [3.05, 3.63) is 54.6 Å². The van der Waals surface area contributed by atoms with Gasteiger partial charge in [0.1, 0.15) is 5.82 Å². The molecule has 28 heavy (non-hydrogen) atoms. The minimum absolute atomic E-state index is 0.154. The molecule has 3 aromatic rings. The molecule has 0 spiro atoms. The molecule has 0 bridgehead atoms. The van der Waals surface area contributed by atoms with E-state index in [1.165, 1.54) is 4.80 Å². The fourth-order valence-corrected chi connectivity index (χ4v) is 3.19. The van der Waals surface area contributed by atoms with Gasteiger partial charge in [0.25, 0.3) is 5.91 Å². The lowest BCUT2D eigenvalue weighted by molar-refractivity contribution is -0.00546. The largest absolute Gasteiger partial charge is 0.372 e. The molecular formula is C19H21N7O2. The second-order valence-electron chi connectivity index (χ2n) is 6.75. The summed E-state index contributed by atoms with van der Waals surface area (Å²) in [6.07, 6.45) is 6.61. The van der Waals surface area contributed by atoms with Gasteiger partial charge in [-0.3, -0.25) is 4.79 Å². The Labute approximate surface area is 162 Å². The highest BCUT2D eigenvalue weighted by Gasteiger charge is 2.23. The highest BCUT2D eigenvalue weighted by Crippen LogP contribution is 2.19. The summed E-state index contributed by atoms with van der Waals surface area (Å²) in [6.45, 7) is 5.66. The van der Waals surface area contributed by atoms with Crippen molar-refractivity contribution in [1.82, 2.24) is 25.0 Å². The summed E-state index contributed by atoms with van der Waals surface area (Å²) in [6, 6.07) is 7.13. The lowest BCUT2D eigenvalue weighted by atomic mass is 10.2. The van der Waals surface area contributed by atoms with Gasteiger partial charge >= 0.3 is 0 Å². The van der Waals surface area contributed by atoms with Gasteiger partial charge in [0, 0.05) is 19.3 Å². The van der Waals surface area contributed by atoms with Crippen LogP contribution >= 0.6 is 0 Å².